The molecule has 1 heterocycles. The zero-order chi connectivity index (χ0) is 16.8. The van der Waals surface area contributed by atoms with Gasteiger partial charge in [-0.15, -0.1) is 0 Å². The molecular formula is C20H22ClNO2. The standard InChI is InChI=1S/C20H22ClNO2/c21-19-8-4-7-18(13-19)20(23)22(14-16-5-2-1-3-6-16)15-17-9-11-24-12-10-17/h1-8,13,17H,9-12,14-15H2. The molecule has 126 valence electrons. The number of halogens is 1. The lowest BCUT2D eigenvalue weighted by molar-refractivity contribution is 0.0446. The Bertz CT molecular complexity index is 668. The van der Waals surface area contributed by atoms with E-state index in [4.69, 9.17) is 16.3 Å². The van der Waals surface area contributed by atoms with Crippen LogP contribution in [0.4, 0.5) is 0 Å². The van der Waals surface area contributed by atoms with Gasteiger partial charge in [0.1, 0.15) is 0 Å². The Morgan fingerprint density at radius 1 is 1.08 bits per heavy atom. The van der Waals surface area contributed by atoms with Gasteiger partial charge in [-0.05, 0) is 42.5 Å². The van der Waals surface area contributed by atoms with Crippen LogP contribution in [0.5, 0.6) is 0 Å². The van der Waals surface area contributed by atoms with Gasteiger partial charge in [-0.3, -0.25) is 4.79 Å². The van der Waals surface area contributed by atoms with Crippen LogP contribution in [0.3, 0.4) is 0 Å². The van der Waals surface area contributed by atoms with Crippen molar-refractivity contribution in [3.63, 3.8) is 0 Å². The van der Waals surface area contributed by atoms with E-state index in [1.807, 2.05) is 35.2 Å². The first-order valence-electron chi connectivity index (χ1n) is 8.39. The van der Waals surface area contributed by atoms with Crippen molar-refractivity contribution >= 4 is 17.5 Å². The zero-order valence-corrected chi connectivity index (χ0v) is 14.4. The number of nitrogens with zero attached hydrogens (tertiary/aromatic N) is 1. The fraction of sp³-hybridized carbons (Fsp3) is 0.350. The number of carbonyl (C=O) groups is 1. The Hall–Kier alpha value is -1.84. The summed E-state index contributed by atoms with van der Waals surface area (Å²) in [6.07, 6.45) is 2.02. The second kappa shape index (κ2) is 8.32. The lowest BCUT2D eigenvalue weighted by Gasteiger charge is -2.30. The van der Waals surface area contributed by atoms with E-state index < -0.39 is 0 Å². The van der Waals surface area contributed by atoms with Crippen LogP contribution < -0.4 is 0 Å². The molecule has 1 aliphatic heterocycles. The molecule has 2 aromatic rings. The highest BCUT2D eigenvalue weighted by molar-refractivity contribution is 6.30. The van der Waals surface area contributed by atoms with Crippen LogP contribution in [-0.4, -0.2) is 30.6 Å². The molecule has 3 rings (SSSR count). The molecule has 1 amide bonds. The van der Waals surface area contributed by atoms with Crippen molar-refractivity contribution in [1.82, 2.24) is 4.90 Å². The molecule has 0 unspecified atom stereocenters. The molecule has 0 atom stereocenters. The number of benzene rings is 2. The Balaban J connectivity index is 1.78. The molecule has 0 radical (unpaired) electrons. The third-order valence-electron chi connectivity index (χ3n) is 4.39. The van der Waals surface area contributed by atoms with Crippen LogP contribution in [0.25, 0.3) is 0 Å². The Morgan fingerprint density at radius 2 is 1.83 bits per heavy atom. The van der Waals surface area contributed by atoms with E-state index in [-0.39, 0.29) is 5.91 Å². The van der Waals surface area contributed by atoms with Crippen molar-refractivity contribution < 1.29 is 9.53 Å². The SMILES string of the molecule is O=C(c1cccc(Cl)c1)N(Cc1ccccc1)CC1CCOCC1. The number of amides is 1. The fourth-order valence-electron chi connectivity index (χ4n) is 3.07. The van der Waals surface area contributed by atoms with Gasteiger partial charge in [-0.1, -0.05) is 48.0 Å². The maximum atomic E-state index is 13.0. The van der Waals surface area contributed by atoms with E-state index >= 15 is 0 Å². The van der Waals surface area contributed by atoms with Gasteiger partial charge in [0.05, 0.1) is 0 Å². The van der Waals surface area contributed by atoms with Gasteiger partial charge < -0.3 is 9.64 Å². The summed E-state index contributed by atoms with van der Waals surface area (Å²) in [6, 6.07) is 17.3. The summed E-state index contributed by atoms with van der Waals surface area (Å²) in [5.74, 6) is 0.526. The summed E-state index contributed by atoms with van der Waals surface area (Å²) in [5, 5.41) is 0.589. The van der Waals surface area contributed by atoms with E-state index in [0.717, 1.165) is 38.2 Å². The van der Waals surface area contributed by atoms with Gasteiger partial charge in [-0.25, -0.2) is 0 Å². The molecule has 3 nitrogen and oxygen atoms in total. The second-order valence-corrected chi connectivity index (χ2v) is 6.67. The highest BCUT2D eigenvalue weighted by atomic mass is 35.5. The minimum Gasteiger partial charge on any atom is -0.381 e. The van der Waals surface area contributed by atoms with Crippen molar-refractivity contribution in [2.24, 2.45) is 5.92 Å². The topological polar surface area (TPSA) is 29.5 Å². The number of carbonyl (C=O) groups excluding carboxylic acids is 1. The quantitative estimate of drug-likeness (QED) is 0.804. The third-order valence-corrected chi connectivity index (χ3v) is 4.63. The molecule has 0 aliphatic carbocycles. The highest BCUT2D eigenvalue weighted by Gasteiger charge is 2.22. The first-order valence-corrected chi connectivity index (χ1v) is 8.76. The van der Waals surface area contributed by atoms with Crippen LogP contribution in [-0.2, 0) is 11.3 Å². The van der Waals surface area contributed by atoms with E-state index in [2.05, 4.69) is 12.1 Å². The summed E-state index contributed by atoms with van der Waals surface area (Å²) in [4.78, 5) is 15.0. The van der Waals surface area contributed by atoms with Gasteiger partial charge in [0, 0.05) is 36.9 Å². The molecule has 0 N–H and O–H groups in total. The molecule has 0 spiro atoms. The van der Waals surface area contributed by atoms with Crippen LogP contribution in [0, 0.1) is 5.92 Å². The number of rotatable bonds is 5. The summed E-state index contributed by atoms with van der Waals surface area (Å²) in [6.45, 7) is 2.94. The Kier molecular flexibility index (Phi) is 5.89. The van der Waals surface area contributed by atoms with Crippen LogP contribution in [0.2, 0.25) is 5.02 Å². The molecule has 1 fully saturated rings. The molecule has 0 saturated carbocycles. The molecule has 4 heteroatoms. The molecule has 1 saturated heterocycles. The summed E-state index contributed by atoms with van der Waals surface area (Å²) in [7, 11) is 0. The van der Waals surface area contributed by atoms with E-state index in [1.165, 1.54) is 0 Å². The molecule has 24 heavy (non-hydrogen) atoms. The second-order valence-electron chi connectivity index (χ2n) is 6.24. The number of hydrogen-bond acceptors (Lipinski definition) is 2. The number of hydrogen-bond donors (Lipinski definition) is 0. The average molecular weight is 344 g/mol. The van der Waals surface area contributed by atoms with Crippen LogP contribution >= 0.6 is 11.6 Å². The Labute approximate surface area is 148 Å². The first-order chi connectivity index (χ1) is 11.7. The summed E-state index contributed by atoms with van der Waals surface area (Å²) < 4.78 is 5.44. The van der Waals surface area contributed by atoms with Gasteiger partial charge in [0.15, 0.2) is 0 Å². The normalized spacial score (nSPS) is 15.2. The van der Waals surface area contributed by atoms with Crippen molar-refractivity contribution in [2.75, 3.05) is 19.8 Å². The van der Waals surface area contributed by atoms with Crippen molar-refractivity contribution in [1.29, 1.82) is 0 Å². The van der Waals surface area contributed by atoms with Crippen molar-refractivity contribution in [3.05, 3.63) is 70.7 Å². The lowest BCUT2D eigenvalue weighted by Crippen LogP contribution is -2.36. The maximum Gasteiger partial charge on any atom is 0.254 e. The van der Waals surface area contributed by atoms with E-state index in [9.17, 15) is 4.79 Å². The van der Waals surface area contributed by atoms with Gasteiger partial charge in [0.2, 0.25) is 0 Å². The monoisotopic (exact) mass is 343 g/mol. The minimum absolute atomic E-state index is 0.0350. The fourth-order valence-corrected chi connectivity index (χ4v) is 3.26. The summed E-state index contributed by atoms with van der Waals surface area (Å²) >= 11 is 6.06. The zero-order valence-electron chi connectivity index (χ0n) is 13.7. The molecule has 2 aromatic carbocycles. The van der Waals surface area contributed by atoms with Crippen LogP contribution in [0.1, 0.15) is 28.8 Å². The predicted octanol–water partition coefficient (Wildman–Crippen LogP) is 4.41. The van der Waals surface area contributed by atoms with Crippen molar-refractivity contribution in [3.8, 4) is 0 Å². The maximum absolute atomic E-state index is 13.0. The van der Waals surface area contributed by atoms with Gasteiger partial charge in [0.25, 0.3) is 5.91 Å². The van der Waals surface area contributed by atoms with Crippen molar-refractivity contribution in [2.45, 2.75) is 19.4 Å². The van der Waals surface area contributed by atoms with Crippen LogP contribution in [0.15, 0.2) is 54.6 Å². The minimum atomic E-state index is 0.0350. The Morgan fingerprint density at radius 3 is 2.54 bits per heavy atom. The lowest BCUT2D eigenvalue weighted by atomic mass is 9.99. The van der Waals surface area contributed by atoms with Gasteiger partial charge >= 0.3 is 0 Å². The first kappa shape index (κ1) is 17.0. The predicted molar refractivity (Wildman–Crippen MR) is 96.2 cm³/mol. The largest absolute Gasteiger partial charge is 0.381 e. The molecule has 0 aromatic heterocycles. The van der Waals surface area contributed by atoms with Gasteiger partial charge in [-0.2, -0.15) is 0 Å². The highest BCUT2D eigenvalue weighted by Crippen LogP contribution is 2.20. The molecule has 1 aliphatic rings. The smallest absolute Gasteiger partial charge is 0.254 e. The van der Waals surface area contributed by atoms with E-state index in [0.29, 0.717) is 23.0 Å². The molecular weight excluding hydrogens is 322 g/mol. The third kappa shape index (κ3) is 4.59. The molecule has 0 bridgehead atoms. The summed E-state index contributed by atoms with van der Waals surface area (Å²) in [5.41, 5.74) is 1.78. The average Bonchev–Trinajstić information content (AvgIpc) is 2.62. The number of ether oxygens (including phenoxy) is 1. The van der Waals surface area contributed by atoms with E-state index in [1.54, 1.807) is 12.1 Å².